The number of anilines is 2. The Labute approximate surface area is 173 Å². The van der Waals surface area contributed by atoms with Crippen LogP contribution in [-0.2, 0) is 0 Å². The second-order valence-electron chi connectivity index (χ2n) is 7.59. The molecule has 2 aliphatic rings. The van der Waals surface area contributed by atoms with Crippen molar-refractivity contribution >= 4 is 39.1 Å². The standard InChI is InChI=1S/C22H24BrN3O2/c1-14-12-16(8-10-18(14)23)24-21(27)15-7-9-17-19(13-15)25(2)20-6-4-3-5-11-26(20)22(17)28/h7-10,12-13,20H,3-6,11H2,1-2H3,(H,24,27)/t20-/m1/s1. The first-order chi connectivity index (χ1) is 13.5. The van der Waals surface area contributed by atoms with E-state index in [1.54, 1.807) is 12.1 Å². The van der Waals surface area contributed by atoms with Gasteiger partial charge in [0.25, 0.3) is 11.8 Å². The van der Waals surface area contributed by atoms with Crippen molar-refractivity contribution in [3.63, 3.8) is 0 Å². The summed E-state index contributed by atoms with van der Waals surface area (Å²) in [5, 5.41) is 2.95. The van der Waals surface area contributed by atoms with E-state index in [4.69, 9.17) is 0 Å². The van der Waals surface area contributed by atoms with Crippen molar-refractivity contribution in [2.45, 2.75) is 38.8 Å². The predicted octanol–water partition coefficient (Wildman–Crippen LogP) is 4.80. The molecule has 0 saturated carbocycles. The number of carbonyl (C=O) groups is 2. The quantitative estimate of drug-likeness (QED) is 0.727. The molecule has 2 aliphatic heterocycles. The number of halogens is 1. The molecule has 2 heterocycles. The number of aryl methyl sites for hydroxylation is 1. The highest BCUT2D eigenvalue weighted by atomic mass is 79.9. The van der Waals surface area contributed by atoms with Gasteiger partial charge in [-0.15, -0.1) is 0 Å². The van der Waals surface area contributed by atoms with Gasteiger partial charge in [-0.05, 0) is 68.1 Å². The molecule has 1 fully saturated rings. The fourth-order valence-corrected chi connectivity index (χ4v) is 4.36. The van der Waals surface area contributed by atoms with Gasteiger partial charge in [0.15, 0.2) is 0 Å². The Kier molecular flexibility index (Phi) is 5.15. The van der Waals surface area contributed by atoms with E-state index >= 15 is 0 Å². The maximum atomic E-state index is 13.0. The molecule has 28 heavy (non-hydrogen) atoms. The number of nitrogens with zero attached hydrogens (tertiary/aromatic N) is 2. The smallest absolute Gasteiger partial charge is 0.257 e. The third-order valence-electron chi connectivity index (χ3n) is 5.72. The molecule has 6 heteroatoms. The number of nitrogens with one attached hydrogen (secondary N) is 1. The monoisotopic (exact) mass is 441 g/mol. The largest absolute Gasteiger partial charge is 0.354 e. The van der Waals surface area contributed by atoms with Crippen molar-refractivity contribution in [2.75, 3.05) is 23.8 Å². The predicted molar refractivity (Wildman–Crippen MR) is 115 cm³/mol. The highest BCUT2D eigenvalue weighted by Crippen LogP contribution is 2.34. The van der Waals surface area contributed by atoms with Crippen LogP contribution in [0, 0.1) is 6.92 Å². The zero-order valence-electron chi connectivity index (χ0n) is 16.2. The number of carbonyl (C=O) groups excluding carboxylic acids is 2. The average Bonchev–Trinajstić information content (AvgIpc) is 2.95. The van der Waals surface area contributed by atoms with Gasteiger partial charge in [-0.3, -0.25) is 9.59 Å². The lowest BCUT2D eigenvalue weighted by molar-refractivity contribution is 0.0661. The summed E-state index contributed by atoms with van der Waals surface area (Å²) < 4.78 is 1.01. The molecule has 0 radical (unpaired) electrons. The Bertz CT molecular complexity index is 943. The molecule has 2 amide bonds. The van der Waals surface area contributed by atoms with Crippen LogP contribution in [0.2, 0.25) is 0 Å². The lowest BCUT2D eigenvalue weighted by atomic mass is 10.0. The number of hydrogen-bond donors (Lipinski definition) is 1. The van der Waals surface area contributed by atoms with E-state index in [9.17, 15) is 9.59 Å². The minimum absolute atomic E-state index is 0.0786. The van der Waals surface area contributed by atoms with Crippen LogP contribution in [0.3, 0.4) is 0 Å². The van der Waals surface area contributed by atoms with Gasteiger partial charge in [0, 0.05) is 29.3 Å². The van der Waals surface area contributed by atoms with Crippen LogP contribution in [0.15, 0.2) is 40.9 Å². The second-order valence-corrected chi connectivity index (χ2v) is 8.44. The van der Waals surface area contributed by atoms with Crippen molar-refractivity contribution in [1.82, 2.24) is 4.90 Å². The van der Waals surface area contributed by atoms with Crippen molar-refractivity contribution in [3.05, 3.63) is 57.6 Å². The number of amides is 2. The van der Waals surface area contributed by atoms with E-state index < -0.39 is 0 Å². The summed E-state index contributed by atoms with van der Waals surface area (Å²) in [7, 11) is 2.02. The molecule has 1 atom stereocenters. The third-order valence-corrected chi connectivity index (χ3v) is 6.60. The van der Waals surface area contributed by atoms with Gasteiger partial charge in [0.1, 0.15) is 6.17 Å². The minimum atomic E-state index is -0.173. The number of benzene rings is 2. The van der Waals surface area contributed by atoms with Crippen LogP contribution < -0.4 is 10.2 Å². The molecule has 0 unspecified atom stereocenters. The Morgan fingerprint density at radius 3 is 2.75 bits per heavy atom. The molecule has 0 aliphatic carbocycles. The maximum absolute atomic E-state index is 13.0. The molecule has 1 N–H and O–H groups in total. The van der Waals surface area contributed by atoms with Gasteiger partial charge in [-0.25, -0.2) is 0 Å². The van der Waals surface area contributed by atoms with E-state index in [1.807, 2.05) is 43.1 Å². The first-order valence-electron chi connectivity index (χ1n) is 9.71. The van der Waals surface area contributed by atoms with Gasteiger partial charge in [0.2, 0.25) is 0 Å². The number of hydrogen-bond acceptors (Lipinski definition) is 3. The van der Waals surface area contributed by atoms with Crippen molar-refractivity contribution in [2.24, 2.45) is 0 Å². The van der Waals surface area contributed by atoms with Crippen LogP contribution in [-0.4, -0.2) is 36.5 Å². The van der Waals surface area contributed by atoms with Crippen LogP contribution in [0.1, 0.15) is 52.0 Å². The molecule has 5 nitrogen and oxygen atoms in total. The molecule has 4 rings (SSSR count). The highest BCUT2D eigenvalue weighted by Gasteiger charge is 2.36. The summed E-state index contributed by atoms with van der Waals surface area (Å²) in [6.07, 6.45) is 4.38. The summed E-state index contributed by atoms with van der Waals surface area (Å²) in [5.74, 6) is -0.0934. The molecule has 1 saturated heterocycles. The van der Waals surface area contributed by atoms with E-state index in [0.29, 0.717) is 11.1 Å². The molecule has 0 spiro atoms. The molecule has 2 aromatic rings. The van der Waals surface area contributed by atoms with E-state index in [2.05, 4.69) is 26.1 Å². The lowest BCUT2D eigenvalue weighted by Crippen LogP contribution is -2.53. The maximum Gasteiger partial charge on any atom is 0.257 e. The minimum Gasteiger partial charge on any atom is -0.354 e. The number of fused-ring (bicyclic) bond motifs is 2. The van der Waals surface area contributed by atoms with Gasteiger partial charge in [-0.2, -0.15) is 0 Å². The van der Waals surface area contributed by atoms with E-state index in [0.717, 1.165) is 53.6 Å². The molecule has 0 aromatic heterocycles. The summed E-state index contributed by atoms with van der Waals surface area (Å²) in [5.41, 5.74) is 3.88. The van der Waals surface area contributed by atoms with Gasteiger partial charge >= 0.3 is 0 Å². The highest BCUT2D eigenvalue weighted by molar-refractivity contribution is 9.10. The van der Waals surface area contributed by atoms with Crippen LogP contribution in [0.25, 0.3) is 0 Å². The third kappa shape index (κ3) is 3.41. The second kappa shape index (κ2) is 7.59. The first kappa shape index (κ1) is 19.0. The zero-order chi connectivity index (χ0) is 19.8. The first-order valence-corrected chi connectivity index (χ1v) is 10.5. The van der Waals surface area contributed by atoms with Gasteiger partial charge in [-0.1, -0.05) is 22.4 Å². The SMILES string of the molecule is Cc1cc(NC(=O)c2ccc3c(c2)N(C)[C@H]2CCCCCN2C3=O)ccc1Br. The van der Waals surface area contributed by atoms with Gasteiger partial charge in [0.05, 0.1) is 11.3 Å². The Balaban J connectivity index is 1.62. The molecule has 146 valence electrons. The number of rotatable bonds is 2. The van der Waals surface area contributed by atoms with Gasteiger partial charge < -0.3 is 15.1 Å². The summed E-state index contributed by atoms with van der Waals surface area (Å²) in [4.78, 5) is 29.9. The van der Waals surface area contributed by atoms with Crippen LogP contribution in [0.4, 0.5) is 11.4 Å². The Morgan fingerprint density at radius 2 is 1.96 bits per heavy atom. The topological polar surface area (TPSA) is 52.7 Å². The molecular formula is C22H24BrN3O2. The summed E-state index contributed by atoms with van der Waals surface area (Å²) >= 11 is 3.47. The Hall–Kier alpha value is -2.34. The normalized spacial score (nSPS) is 19.0. The zero-order valence-corrected chi connectivity index (χ0v) is 17.8. The molecule has 0 bridgehead atoms. The fraction of sp³-hybridized carbons (Fsp3) is 0.364. The molecule has 2 aromatic carbocycles. The summed E-state index contributed by atoms with van der Waals surface area (Å²) in [6.45, 7) is 2.79. The van der Waals surface area contributed by atoms with E-state index in [-0.39, 0.29) is 18.0 Å². The lowest BCUT2D eigenvalue weighted by Gasteiger charge is -2.43. The van der Waals surface area contributed by atoms with Crippen LogP contribution in [0.5, 0.6) is 0 Å². The summed E-state index contributed by atoms with van der Waals surface area (Å²) in [6, 6.07) is 11.1. The van der Waals surface area contributed by atoms with E-state index in [1.165, 1.54) is 0 Å². The molecular weight excluding hydrogens is 418 g/mol. The van der Waals surface area contributed by atoms with Crippen molar-refractivity contribution < 1.29 is 9.59 Å². The van der Waals surface area contributed by atoms with Crippen LogP contribution >= 0.6 is 15.9 Å². The fourth-order valence-electron chi connectivity index (χ4n) is 4.12. The average molecular weight is 442 g/mol. The van der Waals surface area contributed by atoms with Crippen molar-refractivity contribution in [1.29, 1.82) is 0 Å². The van der Waals surface area contributed by atoms with Crippen molar-refractivity contribution in [3.8, 4) is 0 Å². The Morgan fingerprint density at radius 1 is 1.14 bits per heavy atom.